The lowest BCUT2D eigenvalue weighted by Crippen LogP contribution is -2.49. The highest BCUT2D eigenvalue weighted by molar-refractivity contribution is 5.82. The van der Waals surface area contributed by atoms with Gasteiger partial charge in [-0.25, -0.2) is 14.6 Å². The zero-order valence-corrected chi connectivity index (χ0v) is 12.1. The number of carbonyl (C=O) groups is 2. The van der Waals surface area contributed by atoms with Gasteiger partial charge in [-0.05, 0) is 18.8 Å². The van der Waals surface area contributed by atoms with Crippen LogP contribution in [0.4, 0.5) is 4.79 Å². The molecule has 0 aromatic carbocycles. The zero-order valence-electron chi connectivity index (χ0n) is 12.1. The van der Waals surface area contributed by atoms with Crippen LogP contribution >= 0.6 is 0 Å². The molecule has 1 aromatic rings. The van der Waals surface area contributed by atoms with Gasteiger partial charge in [0.2, 0.25) is 0 Å². The third-order valence-electron chi connectivity index (χ3n) is 3.73. The fourth-order valence-corrected chi connectivity index (χ4v) is 2.29. The summed E-state index contributed by atoms with van der Waals surface area (Å²) in [6.45, 7) is 2.02. The van der Waals surface area contributed by atoms with E-state index >= 15 is 0 Å². The molecular weight excluding hydrogens is 272 g/mol. The Morgan fingerprint density at radius 1 is 1.48 bits per heavy atom. The molecule has 21 heavy (non-hydrogen) atoms. The quantitative estimate of drug-likeness (QED) is 0.579. The minimum atomic E-state index is -1.06. The fourth-order valence-electron chi connectivity index (χ4n) is 2.29. The highest BCUT2D eigenvalue weighted by Crippen LogP contribution is 2.33. The number of carboxylic acid groups (broad SMARTS) is 1. The van der Waals surface area contributed by atoms with Gasteiger partial charge in [-0.1, -0.05) is 19.8 Å². The van der Waals surface area contributed by atoms with Gasteiger partial charge in [0, 0.05) is 24.4 Å². The lowest BCUT2D eigenvalue weighted by Gasteiger charge is -2.19. The van der Waals surface area contributed by atoms with Gasteiger partial charge in [0.05, 0.1) is 6.33 Å². The Morgan fingerprint density at radius 2 is 2.24 bits per heavy atom. The summed E-state index contributed by atoms with van der Waals surface area (Å²) >= 11 is 0. The average molecular weight is 294 g/mol. The van der Waals surface area contributed by atoms with E-state index < -0.39 is 18.0 Å². The minimum Gasteiger partial charge on any atom is -0.480 e. The van der Waals surface area contributed by atoms with E-state index in [1.54, 1.807) is 6.20 Å². The molecule has 0 bridgehead atoms. The smallest absolute Gasteiger partial charge is 0.326 e. The number of rotatable bonds is 8. The molecule has 2 rings (SSSR count). The number of aromatic amines is 1. The lowest BCUT2D eigenvalue weighted by molar-refractivity contribution is -0.139. The topological polar surface area (TPSA) is 107 Å². The van der Waals surface area contributed by atoms with Crippen LogP contribution in [0.15, 0.2) is 12.5 Å². The molecule has 1 aromatic heterocycles. The second-order valence-electron chi connectivity index (χ2n) is 5.57. The maximum absolute atomic E-state index is 11.9. The molecule has 1 fully saturated rings. The number of imidazole rings is 1. The molecule has 1 saturated carbocycles. The number of hydrogen-bond donors (Lipinski definition) is 4. The standard InChI is InChI=1S/C14H22N4O3/c1-2-10(5-9-3-4-9)17-14(21)18-12(13(19)20)6-11-7-15-8-16-11/h7-10,12H,2-6H2,1H3,(H,15,16)(H,19,20)(H2,17,18,21). The molecule has 2 unspecified atom stereocenters. The number of aromatic nitrogens is 2. The molecule has 0 saturated heterocycles. The van der Waals surface area contributed by atoms with Crippen LogP contribution in [0.5, 0.6) is 0 Å². The van der Waals surface area contributed by atoms with Crippen molar-refractivity contribution in [3.05, 3.63) is 18.2 Å². The maximum Gasteiger partial charge on any atom is 0.326 e. The first-order valence-electron chi connectivity index (χ1n) is 7.35. The summed E-state index contributed by atoms with van der Waals surface area (Å²) in [5.74, 6) is -0.342. The molecule has 0 spiro atoms. The van der Waals surface area contributed by atoms with Crippen molar-refractivity contribution in [2.75, 3.05) is 0 Å². The number of urea groups is 1. The third-order valence-corrected chi connectivity index (χ3v) is 3.73. The van der Waals surface area contributed by atoms with E-state index in [-0.39, 0.29) is 12.5 Å². The van der Waals surface area contributed by atoms with E-state index in [9.17, 15) is 14.7 Å². The van der Waals surface area contributed by atoms with Gasteiger partial charge in [0.15, 0.2) is 0 Å². The largest absolute Gasteiger partial charge is 0.480 e. The Morgan fingerprint density at radius 3 is 2.76 bits per heavy atom. The summed E-state index contributed by atoms with van der Waals surface area (Å²) in [5.41, 5.74) is 0.674. The van der Waals surface area contributed by atoms with Crippen LogP contribution in [-0.4, -0.2) is 39.2 Å². The Labute approximate surface area is 123 Å². The molecule has 2 atom stereocenters. The fraction of sp³-hybridized carbons (Fsp3) is 0.643. The van der Waals surface area contributed by atoms with E-state index in [1.165, 1.54) is 19.2 Å². The van der Waals surface area contributed by atoms with E-state index in [2.05, 4.69) is 20.6 Å². The number of hydrogen-bond acceptors (Lipinski definition) is 3. The van der Waals surface area contributed by atoms with Gasteiger partial charge in [0.1, 0.15) is 6.04 Å². The van der Waals surface area contributed by atoms with Crippen molar-refractivity contribution >= 4 is 12.0 Å². The molecule has 1 aliphatic rings. The molecule has 0 aliphatic heterocycles. The first kappa shape index (κ1) is 15.3. The molecule has 4 N–H and O–H groups in total. The number of H-pyrrole nitrogens is 1. The summed E-state index contributed by atoms with van der Waals surface area (Å²) in [6, 6.07) is -1.28. The molecule has 0 radical (unpaired) electrons. The molecule has 1 aliphatic carbocycles. The first-order valence-corrected chi connectivity index (χ1v) is 7.35. The molecule has 7 heteroatoms. The van der Waals surface area contributed by atoms with Gasteiger partial charge in [-0.15, -0.1) is 0 Å². The first-order chi connectivity index (χ1) is 10.1. The predicted octanol–water partition coefficient (Wildman–Crippen LogP) is 1.28. The Hall–Kier alpha value is -2.05. The molecule has 1 heterocycles. The van der Waals surface area contributed by atoms with Gasteiger partial charge in [-0.2, -0.15) is 0 Å². The third kappa shape index (κ3) is 5.09. The number of nitrogens with one attached hydrogen (secondary N) is 3. The number of carboxylic acids is 1. The summed E-state index contributed by atoms with van der Waals surface area (Å²) in [5, 5.41) is 14.6. The van der Waals surface area contributed by atoms with Crippen LogP contribution in [0, 0.1) is 5.92 Å². The van der Waals surface area contributed by atoms with Gasteiger partial charge in [-0.3, -0.25) is 0 Å². The zero-order chi connectivity index (χ0) is 15.2. The normalized spacial score (nSPS) is 17.0. The Kier molecular flexibility index (Phi) is 5.19. The van der Waals surface area contributed by atoms with Gasteiger partial charge < -0.3 is 20.7 Å². The lowest BCUT2D eigenvalue weighted by atomic mass is 10.1. The van der Waals surface area contributed by atoms with Crippen LogP contribution < -0.4 is 10.6 Å². The maximum atomic E-state index is 11.9. The van der Waals surface area contributed by atoms with Crippen molar-refractivity contribution < 1.29 is 14.7 Å². The number of carbonyl (C=O) groups excluding carboxylic acids is 1. The van der Waals surface area contributed by atoms with Crippen LogP contribution in [0.25, 0.3) is 0 Å². The van der Waals surface area contributed by atoms with Crippen molar-refractivity contribution in [2.45, 2.75) is 51.1 Å². The highest BCUT2D eigenvalue weighted by atomic mass is 16.4. The molecular formula is C14H22N4O3. The second-order valence-corrected chi connectivity index (χ2v) is 5.57. The summed E-state index contributed by atoms with van der Waals surface area (Å²) < 4.78 is 0. The van der Waals surface area contributed by atoms with Crippen LogP contribution in [-0.2, 0) is 11.2 Å². The van der Waals surface area contributed by atoms with Crippen LogP contribution in [0.2, 0.25) is 0 Å². The summed E-state index contributed by atoms with van der Waals surface area (Å²) in [4.78, 5) is 29.8. The number of aliphatic carboxylic acids is 1. The van der Waals surface area contributed by atoms with Gasteiger partial charge >= 0.3 is 12.0 Å². The summed E-state index contributed by atoms with van der Waals surface area (Å²) in [6.07, 6.45) is 7.51. The van der Waals surface area contributed by atoms with E-state index in [4.69, 9.17) is 0 Å². The van der Waals surface area contributed by atoms with Crippen LogP contribution in [0.3, 0.4) is 0 Å². The Bertz CT molecular complexity index is 471. The van der Waals surface area contributed by atoms with Crippen LogP contribution in [0.1, 0.15) is 38.3 Å². The molecule has 116 valence electrons. The van der Waals surface area contributed by atoms with E-state index in [1.807, 2.05) is 6.92 Å². The van der Waals surface area contributed by atoms with Crippen molar-refractivity contribution in [1.82, 2.24) is 20.6 Å². The highest BCUT2D eigenvalue weighted by Gasteiger charge is 2.27. The van der Waals surface area contributed by atoms with Crippen molar-refractivity contribution in [1.29, 1.82) is 0 Å². The SMILES string of the molecule is CCC(CC1CC1)NC(=O)NC(Cc1cnc[nH]1)C(=O)O. The minimum absolute atomic E-state index is 0.110. The predicted molar refractivity (Wildman–Crippen MR) is 76.8 cm³/mol. The van der Waals surface area contributed by atoms with Gasteiger partial charge in [0.25, 0.3) is 0 Å². The van der Waals surface area contributed by atoms with Crippen molar-refractivity contribution in [2.24, 2.45) is 5.92 Å². The molecule has 2 amide bonds. The van der Waals surface area contributed by atoms with E-state index in [0.29, 0.717) is 5.69 Å². The second kappa shape index (κ2) is 7.10. The molecule has 7 nitrogen and oxygen atoms in total. The summed E-state index contributed by atoms with van der Waals surface area (Å²) in [7, 11) is 0. The van der Waals surface area contributed by atoms with Crippen molar-refractivity contribution in [3.8, 4) is 0 Å². The average Bonchev–Trinajstić information content (AvgIpc) is 3.10. The Balaban J connectivity index is 1.83. The number of nitrogens with zero attached hydrogens (tertiary/aromatic N) is 1. The van der Waals surface area contributed by atoms with Crippen molar-refractivity contribution in [3.63, 3.8) is 0 Å². The van der Waals surface area contributed by atoms with E-state index in [0.717, 1.165) is 18.8 Å². The number of amides is 2. The monoisotopic (exact) mass is 294 g/mol.